The van der Waals surface area contributed by atoms with Crippen LogP contribution in [0.15, 0.2) is 17.1 Å². The van der Waals surface area contributed by atoms with Gasteiger partial charge in [-0.1, -0.05) is 11.6 Å². The molecule has 0 aliphatic carbocycles. The number of benzene rings is 1. The minimum atomic E-state index is -0.593. The maximum atomic E-state index is 13.0. The molecule has 0 heterocycles. The van der Waals surface area contributed by atoms with E-state index < -0.39 is 11.8 Å². The molecule has 92 valence electrons. The Morgan fingerprint density at radius 3 is 2.71 bits per heavy atom. The Morgan fingerprint density at radius 2 is 2.18 bits per heavy atom. The number of hydrogen-bond donors (Lipinski definition) is 3. The Hall–Kier alpha value is -1.82. The third-order valence-electron chi connectivity index (χ3n) is 1.97. The number of nitrogens with two attached hydrogens (primary N) is 1. The molecular weight excluding hydrogens is 247 g/mol. The van der Waals surface area contributed by atoms with Crippen molar-refractivity contribution in [2.45, 2.75) is 6.92 Å². The fourth-order valence-corrected chi connectivity index (χ4v) is 1.48. The van der Waals surface area contributed by atoms with E-state index in [1.54, 1.807) is 6.92 Å². The second kappa shape index (κ2) is 5.49. The number of nitrogens with one attached hydrogen (secondary N) is 2. The van der Waals surface area contributed by atoms with Crippen LogP contribution in [0, 0.1) is 12.7 Å². The SMILES string of the molecule is CN=C(N)NC(=O)Nc1c(C)cc(F)cc1Cl. The smallest absolute Gasteiger partial charge is 0.326 e. The summed E-state index contributed by atoms with van der Waals surface area (Å²) in [5.74, 6) is -0.494. The summed E-state index contributed by atoms with van der Waals surface area (Å²) in [4.78, 5) is 15.0. The van der Waals surface area contributed by atoms with Crippen molar-refractivity contribution in [1.82, 2.24) is 5.32 Å². The van der Waals surface area contributed by atoms with Crippen LogP contribution in [0.3, 0.4) is 0 Å². The van der Waals surface area contributed by atoms with Gasteiger partial charge in [0.1, 0.15) is 5.82 Å². The zero-order valence-electron chi connectivity index (χ0n) is 9.34. The van der Waals surface area contributed by atoms with Crippen LogP contribution in [0.2, 0.25) is 5.02 Å². The zero-order chi connectivity index (χ0) is 13.0. The highest BCUT2D eigenvalue weighted by atomic mass is 35.5. The number of aryl methyl sites for hydroxylation is 1. The fourth-order valence-electron chi connectivity index (χ4n) is 1.18. The van der Waals surface area contributed by atoms with Crippen LogP contribution < -0.4 is 16.4 Å². The van der Waals surface area contributed by atoms with Crippen LogP contribution >= 0.6 is 11.6 Å². The number of guanidine groups is 1. The van der Waals surface area contributed by atoms with Gasteiger partial charge in [-0.2, -0.15) is 0 Å². The van der Waals surface area contributed by atoms with Gasteiger partial charge in [-0.3, -0.25) is 10.3 Å². The van der Waals surface area contributed by atoms with Crippen LogP contribution in [0.25, 0.3) is 0 Å². The summed E-state index contributed by atoms with van der Waals surface area (Å²) in [7, 11) is 1.44. The first-order chi connectivity index (χ1) is 7.93. The average Bonchev–Trinajstić information content (AvgIpc) is 2.23. The fraction of sp³-hybridized carbons (Fsp3) is 0.200. The van der Waals surface area contributed by atoms with E-state index in [0.29, 0.717) is 11.3 Å². The molecule has 0 fully saturated rings. The predicted octanol–water partition coefficient (Wildman–Crippen LogP) is 1.85. The van der Waals surface area contributed by atoms with Crippen molar-refractivity contribution in [2.75, 3.05) is 12.4 Å². The molecule has 0 unspecified atom stereocenters. The molecule has 0 saturated heterocycles. The maximum Gasteiger partial charge on any atom is 0.326 e. The number of carbonyl (C=O) groups is 1. The monoisotopic (exact) mass is 258 g/mol. The molecular formula is C10H12ClFN4O. The third-order valence-corrected chi connectivity index (χ3v) is 2.27. The molecule has 1 rings (SSSR count). The summed E-state index contributed by atoms with van der Waals surface area (Å²) in [5.41, 5.74) is 6.15. The van der Waals surface area contributed by atoms with Crippen molar-refractivity contribution in [3.63, 3.8) is 0 Å². The van der Waals surface area contributed by atoms with Crippen LogP contribution in [0.4, 0.5) is 14.9 Å². The number of anilines is 1. The van der Waals surface area contributed by atoms with E-state index in [2.05, 4.69) is 15.6 Å². The van der Waals surface area contributed by atoms with Crippen LogP contribution in [0.5, 0.6) is 0 Å². The Morgan fingerprint density at radius 1 is 1.53 bits per heavy atom. The standard InChI is InChI=1S/C10H12ClFN4O/c1-5-3-6(12)4-7(11)8(5)15-10(17)16-9(13)14-2/h3-4H,1-2H3,(H4,13,14,15,16,17). The second-order valence-corrected chi connectivity index (χ2v) is 3.67. The van der Waals surface area contributed by atoms with Gasteiger partial charge in [0.2, 0.25) is 0 Å². The number of aliphatic imine (C=N–C) groups is 1. The lowest BCUT2D eigenvalue weighted by atomic mass is 10.2. The van der Waals surface area contributed by atoms with E-state index in [4.69, 9.17) is 17.3 Å². The number of amides is 2. The quantitative estimate of drug-likeness (QED) is 0.531. The van der Waals surface area contributed by atoms with Crippen molar-refractivity contribution in [2.24, 2.45) is 10.7 Å². The molecule has 0 aliphatic rings. The third kappa shape index (κ3) is 3.60. The molecule has 5 nitrogen and oxygen atoms in total. The molecule has 0 spiro atoms. The van der Waals surface area contributed by atoms with Gasteiger partial charge < -0.3 is 11.1 Å². The van der Waals surface area contributed by atoms with Gasteiger partial charge in [0.05, 0.1) is 10.7 Å². The number of halogens is 2. The van der Waals surface area contributed by atoms with E-state index in [1.165, 1.54) is 13.1 Å². The number of urea groups is 1. The number of rotatable bonds is 1. The zero-order valence-corrected chi connectivity index (χ0v) is 10.1. The lowest BCUT2D eigenvalue weighted by Gasteiger charge is -2.11. The first-order valence-electron chi connectivity index (χ1n) is 4.70. The van der Waals surface area contributed by atoms with Crippen LogP contribution in [0.1, 0.15) is 5.56 Å². The Labute approximate surface area is 103 Å². The number of hydrogen-bond acceptors (Lipinski definition) is 2. The maximum absolute atomic E-state index is 13.0. The van der Waals surface area contributed by atoms with E-state index >= 15 is 0 Å². The predicted molar refractivity (Wildman–Crippen MR) is 65.8 cm³/mol. The Balaban J connectivity index is 2.85. The van der Waals surface area contributed by atoms with Crippen LogP contribution in [-0.4, -0.2) is 19.0 Å². The minimum Gasteiger partial charge on any atom is -0.370 e. The molecule has 1 aromatic rings. The first kappa shape index (κ1) is 13.2. The molecule has 0 saturated carbocycles. The van der Waals surface area contributed by atoms with Gasteiger partial charge in [-0.25, -0.2) is 9.18 Å². The van der Waals surface area contributed by atoms with E-state index in [-0.39, 0.29) is 11.0 Å². The first-order valence-corrected chi connectivity index (χ1v) is 5.07. The van der Waals surface area contributed by atoms with Crippen molar-refractivity contribution >= 4 is 29.3 Å². The molecule has 0 atom stereocenters. The average molecular weight is 259 g/mol. The summed E-state index contributed by atoms with van der Waals surface area (Å²) in [5, 5.41) is 4.85. The van der Waals surface area contributed by atoms with Gasteiger partial charge in [-0.05, 0) is 24.6 Å². The highest BCUT2D eigenvalue weighted by Crippen LogP contribution is 2.26. The largest absolute Gasteiger partial charge is 0.370 e. The number of nitrogens with zero attached hydrogens (tertiary/aromatic N) is 1. The molecule has 2 amide bonds. The Bertz CT molecular complexity index is 452. The topological polar surface area (TPSA) is 79.5 Å². The van der Waals surface area contributed by atoms with Crippen molar-refractivity contribution in [3.05, 3.63) is 28.5 Å². The summed E-state index contributed by atoms with van der Waals surface area (Å²) >= 11 is 5.81. The normalized spacial score (nSPS) is 11.2. The van der Waals surface area contributed by atoms with Gasteiger partial charge >= 0.3 is 6.03 Å². The van der Waals surface area contributed by atoms with Crippen molar-refractivity contribution in [3.8, 4) is 0 Å². The molecule has 4 N–H and O–H groups in total. The number of carbonyl (C=O) groups excluding carboxylic acids is 1. The van der Waals surface area contributed by atoms with E-state index in [0.717, 1.165) is 6.07 Å². The van der Waals surface area contributed by atoms with Gasteiger partial charge in [-0.15, -0.1) is 0 Å². The van der Waals surface area contributed by atoms with Gasteiger partial charge in [0.25, 0.3) is 0 Å². The van der Waals surface area contributed by atoms with Crippen molar-refractivity contribution < 1.29 is 9.18 Å². The Kier molecular flexibility index (Phi) is 4.28. The molecule has 0 aliphatic heterocycles. The van der Waals surface area contributed by atoms with Gasteiger partial charge in [0, 0.05) is 7.05 Å². The summed E-state index contributed by atoms with van der Waals surface area (Å²) < 4.78 is 13.0. The van der Waals surface area contributed by atoms with E-state index in [1.807, 2.05) is 0 Å². The van der Waals surface area contributed by atoms with E-state index in [9.17, 15) is 9.18 Å². The summed E-state index contributed by atoms with van der Waals surface area (Å²) in [6.45, 7) is 1.63. The van der Waals surface area contributed by atoms with Crippen molar-refractivity contribution in [1.29, 1.82) is 0 Å². The second-order valence-electron chi connectivity index (χ2n) is 3.27. The summed E-state index contributed by atoms with van der Waals surface area (Å²) in [6.07, 6.45) is 0. The lowest BCUT2D eigenvalue weighted by Crippen LogP contribution is -2.39. The highest BCUT2D eigenvalue weighted by molar-refractivity contribution is 6.34. The summed E-state index contributed by atoms with van der Waals surface area (Å²) in [6, 6.07) is 1.78. The molecule has 17 heavy (non-hydrogen) atoms. The van der Waals surface area contributed by atoms with Gasteiger partial charge in [0.15, 0.2) is 5.96 Å². The minimum absolute atomic E-state index is 0.0293. The molecule has 0 aromatic heterocycles. The molecule has 0 radical (unpaired) electrons. The molecule has 7 heteroatoms. The molecule has 1 aromatic carbocycles. The highest BCUT2D eigenvalue weighted by Gasteiger charge is 2.10. The van der Waals surface area contributed by atoms with Crippen LogP contribution in [-0.2, 0) is 0 Å². The molecule has 0 bridgehead atoms. The lowest BCUT2D eigenvalue weighted by molar-refractivity contribution is 0.256.